The third kappa shape index (κ3) is 0.959. The van der Waals surface area contributed by atoms with Gasteiger partial charge >= 0.3 is 0 Å². The van der Waals surface area contributed by atoms with E-state index in [9.17, 15) is 0 Å². The Morgan fingerprint density at radius 1 is 1.45 bits per heavy atom. The van der Waals surface area contributed by atoms with Gasteiger partial charge in [0.15, 0.2) is 0 Å². The van der Waals surface area contributed by atoms with Crippen molar-refractivity contribution < 1.29 is 0 Å². The molecule has 0 spiro atoms. The van der Waals surface area contributed by atoms with Crippen LogP contribution >= 0.6 is 15.9 Å². The van der Waals surface area contributed by atoms with Gasteiger partial charge in [0, 0.05) is 10.0 Å². The molecular weight excluding hydrogens is 204 g/mol. The van der Waals surface area contributed by atoms with Crippen molar-refractivity contribution >= 4 is 21.8 Å². The lowest BCUT2D eigenvalue weighted by molar-refractivity contribution is 1.10. The van der Waals surface area contributed by atoms with Gasteiger partial charge in [-0.1, -0.05) is 28.1 Å². The summed E-state index contributed by atoms with van der Waals surface area (Å²) in [6, 6.07) is 5.97. The molecule has 0 unspecified atom stereocenters. The van der Waals surface area contributed by atoms with Crippen LogP contribution in [0.3, 0.4) is 0 Å². The van der Waals surface area contributed by atoms with E-state index in [4.69, 9.17) is 5.73 Å². The molecule has 2 nitrogen and oxygen atoms in total. The number of nitrogens with two attached hydrogens (primary N) is 1. The molecule has 0 fully saturated rings. The number of rotatable bonds is 0. The third-order valence-electron chi connectivity index (χ3n) is 1.80. The largest absolute Gasteiger partial charge is 0.383 e. The SMILES string of the molecule is NC1=NCc2c(Br)cccc21. The molecule has 1 aliphatic heterocycles. The molecule has 0 atom stereocenters. The zero-order chi connectivity index (χ0) is 7.84. The highest BCUT2D eigenvalue weighted by Gasteiger charge is 2.14. The summed E-state index contributed by atoms with van der Waals surface area (Å²) >= 11 is 3.45. The van der Waals surface area contributed by atoms with Gasteiger partial charge in [-0.3, -0.25) is 4.99 Å². The van der Waals surface area contributed by atoms with Gasteiger partial charge in [0.05, 0.1) is 6.54 Å². The van der Waals surface area contributed by atoms with Crippen LogP contribution in [0.25, 0.3) is 0 Å². The molecule has 56 valence electrons. The Bertz CT molecular complexity index is 331. The minimum atomic E-state index is 0.654. The molecular formula is C8H7BrN2. The summed E-state index contributed by atoms with van der Waals surface area (Å²) in [6.45, 7) is 0.711. The van der Waals surface area contributed by atoms with Crippen molar-refractivity contribution in [2.24, 2.45) is 10.7 Å². The summed E-state index contributed by atoms with van der Waals surface area (Å²) < 4.78 is 1.10. The van der Waals surface area contributed by atoms with Crippen LogP contribution in [-0.2, 0) is 6.54 Å². The van der Waals surface area contributed by atoms with Gasteiger partial charge in [0.25, 0.3) is 0 Å². The number of hydrogen-bond donors (Lipinski definition) is 1. The topological polar surface area (TPSA) is 38.4 Å². The van der Waals surface area contributed by atoms with E-state index in [1.807, 2.05) is 18.2 Å². The molecule has 0 saturated heterocycles. The molecule has 0 saturated carbocycles. The zero-order valence-electron chi connectivity index (χ0n) is 5.84. The van der Waals surface area contributed by atoms with E-state index >= 15 is 0 Å². The fourth-order valence-corrected chi connectivity index (χ4v) is 1.70. The molecule has 3 heteroatoms. The van der Waals surface area contributed by atoms with Crippen molar-refractivity contribution in [3.8, 4) is 0 Å². The summed E-state index contributed by atoms with van der Waals surface area (Å²) in [5, 5.41) is 0. The molecule has 0 aromatic heterocycles. The normalized spacial score (nSPS) is 14.5. The molecule has 1 heterocycles. The maximum atomic E-state index is 5.64. The fourth-order valence-electron chi connectivity index (χ4n) is 1.21. The maximum Gasteiger partial charge on any atom is 0.126 e. The maximum absolute atomic E-state index is 5.64. The van der Waals surface area contributed by atoms with E-state index in [2.05, 4.69) is 20.9 Å². The van der Waals surface area contributed by atoms with Crippen LogP contribution < -0.4 is 5.73 Å². The van der Waals surface area contributed by atoms with Crippen molar-refractivity contribution in [1.29, 1.82) is 0 Å². The van der Waals surface area contributed by atoms with E-state index in [1.165, 1.54) is 5.56 Å². The number of fused-ring (bicyclic) bond motifs is 1. The summed E-state index contributed by atoms with van der Waals surface area (Å²) in [4.78, 5) is 4.13. The number of amidine groups is 1. The first-order valence-corrected chi connectivity index (χ1v) is 4.16. The molecule has 2 N–H and O–H groups in total. The van der Waals surface area contributed by atoms with E-state index < -0.39 is 0 Å². The number of halogens is 1. The zero-order valence-corrected chi connectivity index (χ0v) is 7.43. The highest BCUT2D eigenvalue weighted by Crippen LogP contribution is 2.24. The van der Waals surface area contributed by atoms with Gasteiger partial charge in [-0.15, -0.1) is 0 Å². The van der Waals surface area contributed by atoms with Gasteiger partial charge in [-0.05, 0) is 11.6 Å². The quantitative estimate of drug-likeness (QED) is 0.696. The van der Waals surface area contributed by atoms with Crippen molar-refractivity contribution in [1.82, 2.24) is 0 Å². The van der Waals surface area contributed by atoms with Crippen molar-refractivity contribution in [3.63, 3.8) is 0 Å². The van der Waals surface area contributed by atoms with E-state index in [0.717, 1.165) is 10.0 Å². The standard InChI is InChI=1S/C8H7BrN2/c9-7-3-1-2-5-6(7)4-11-8(5)10/h1-3H,4H2,(H2,10,11). The van der Waals surface area contributed by atoms with Crippen molar-refractivity contribution in [2.75, 3.05) is 0 Å². The molecule has 0 amide bonds. The lowest BCUT2D eigenvalue weighted by Crippen LogP contribution is -2.10. The van der Waals surface area contributed by atoms with Gasteiger partial charge in [-0.2, -0.15) is 0 Å². The average Bonchev–Trinajstić information content (AvgIpc) is 2.35. The Hall–Kier alpha value is -0.830. The second-order valence-electron chi connectivity index (χ2n) is 2.47. The molecule has 2 rings (SSSR count). The van der Waals surface area contributed by atoms with Crippen LogP contribution in [0.4, 0.5) is 0 Å². The van der Waals surface area contributed by atoms with Crippen LogP contribution in [-0.4, -0.2) is 5.84 Å². The molecule has 1 aliphatic rings. The summed E-state index contributed by atoms with van der Waals surface area (Å²) in [5.74, 6) is 0.654. The monoisotopic (exact) mass is 210 g/mol. The lowest BCUT2D eigenvalue weighted by atomic mass is 10.1. The van der Waals surface area contributed by atoms with Gasteiger partial charge < -0.3 is 5.73 Å². The minimum absolute atomic E-state index is 0.654. The van der Waals surface area contributed by atoms with Crippen LogP contribution in [0.15, 0.2) is 27.7 Å². The smallest absolute Gasteiger partial charge is 0.126 e. The predicted molar refractivity (Wildman–Crippen MR) is 48.6 cm³/mol. The Labute approximate surface area is 73.3 Å². The van der Waals surface area contributed by atoms with Crippen LogP contribution in [0.1, 0.15) is 11.1 Å². The highest BCUT2D eigenvalue weighted by molar-refractivity contribution is 9.10. The van der Waals surface area contributed by atoms with Crippen LogP contribution in [0, 0.1) is 0 Å². The molecule has 0 bridgehead atoms. The number of benzene rings is 1. The van der Waals surface area contributed by atoms with Gasteiger partial charge in [-0.25, -0.2) is 0 Å². The van der Waals surface area contributed by atoms with Crippen LogP contribution in [0.2, 0.25) is 0 Å². The van der Waals surface area contributed by atoms with Crippen molar-refractivity contribution in [2.45, 2.75) is 6.54 Å². The molecule has 0 radical (unpaired) electrons. The third-order valence-corrected chi connectivity index (χ3v) is 2.55. The summed E-state index contributed by atoms with van der Waals surface area (Å²) in [7, 11) is 0. The molecule has 0 aliphatic carbocycles. The predicted octanol–water partition coefficient (Wildman–Crippen LogP) is 1.67. The number of nitrogens with zero attached hydrogens (tertiary/aromatic N) is 1. The average molecular weight is 211 g/mol. The first-order valence-electron chi connectivity index (χ1n) is 3.37. The van der Waals surface area contributed by atoms with E-state index in [-0.39, 0.29) is 0 Å². The van der Waals surface area contributed by atoms with Gasteiger partial charge in [0.2, 0.25) is 0 Å². The Kier molecular flexibility index (Phi) is 1.46. The molecule has 1 aromatic carbocycles. The summed E-state index contributed by atoms with van der Waals surface area (Å²) in [5.41, 5.74) is 7.91. The first-order chi connectivity index (χ1) is 5.29. The second kappa shape index (κ2) is 2.34. The first kappa shape index (κ1) is 6.85. The Balaban J connectivity index is 2.64. The van der Waals surface area contributed by atoms with Gasteiger partial charge in [0.1, 0.15) is 5.84 Å². The molecule has 1 aromatic rings. The second-order valence-corrected chi connectivity index (χ2v) is 3.32. The van der Waals surface area contributed by atoms with E-state index in [1.54, 1.807) is 0 Å². The lowest BCUT2D eigenvalue weighted by Gasteiger charge is -1.99. The fraction of sp³-hybridized carbons (Fsp3) is 0.125. The minimum Gasteiger partial charge on any atom is -0.383 e. The Morgan fingerprint density at radius 3 is 3.00 bits per heavy atom. The Morgan fingerprint density at radius 2 is 2.27 bits per heavy atom. The van der Waals surface area contributed by atoms with Crippen molar-refractivity contribution in [3.05, 3.63) is 33.8 Å². The summed E-state index contributed by atoms with van der Waals surface area (Å²) in [6.07, 6.45) is 0. The molecule has 11 heavy (non-hydrogen) atoms. The van der Waals surface area contributed by atoms with E-state index in [0.29, 0.717) is 12.4 Å². The number of aliphatic imine (C=N–C) groups is 1. The number of hydrogen-bond acceptors (Lipinski definition) is 2. The highest BCUT2D eigenvalue weighted by atomic mass is 79.9. The van der Waals surface area contributed by atoms with Crippen LogP contribution in [0.5, 0.6) is 0 Å².